The van der Waals surface area contributed by atoms with E-state index in [1.807, 2.05) is 44.2 Å². The number of hydrogen-bond acceptors (Lipinski definition) is 3. The van der Waals surface area contributed by atoms with Gasteiger partial charge in [0.1, 0.15) is 12.3 Å². The number of aldehydes is 1. The molecule has 0 aliphatic heterocycles. The molecule has 0 unspecified atom stereocenters. The fourth-order valence-corrected chi connectivity index (χ4v) is 2.16. The van der Waals surface area contributed by atoms with E-state index in [-0.39, 0.29) is 6.61 Å². The van der Waals surface area contributed by atoms with E-state index >= 15 is 0 Å². The van der Waals surface area contributed by atoms with Crippen molar-refractivity contribution in [2.75, 3.05) is 0 Å². The van der Waals surface area contributed by atoms with Crippen molar-refractivity contribution in [1.29, 1.82) is 0 Å². The molecule has 0 saturated heterocycles. The van der Waals surface area contributed by atoms with Gasteiger partial charge in [-0.15, -0.1) is 0 Å². The molecule has 0 radical (unpaired) electrons. The highest BCUT2D eigenvalue weighted by Gasteiger charge is 2.22. The molecular weight excluding hydrogens is 254 g/mol. The first-order valence-electron chi connectivity index (χ1n) is 6.38. The minimum Gasteiger partial charge on any atom is -0.456 e. The third-order valence-corrected chi connectivity index (χ3v) is 3.56. The second-order valence-electron chi connectivity index (χ2n) is 4.71. The van der Waals surface area contributed by atoms with Crippen LogP contribution in [-0.4, -0.2) is 16.8 Å². The van der Waals surface area contributed by atoms with Crippen LogP contribution in [0.4, 0.5) is 0 Å². The molecule has 0 spiro atoms. The molecule has 20 heavy (non-hydrogen) atoms. The number of nitrogens with zero attached hydrogens (tertiary/aromatic N) is 1. The lowest BCUT2D eigenvalue weighted by molar-refractivity contribution is 0.0459. The van der Waals surface area contributed by atoms with Crippen LogP contribution < -0.4 is 0 Å². The highest BCUT2D eigenvalue weighted by Crippen LogP contribution is 2.20. The maximum absolute atomic E-state index is 12.2. The van der Waals surface area contributed by atoms with E-state index in [0.717, 1.165) is 16.8 Å². The number of hydrogen-bond donors (Lipinski definition) is 0. The molecule has 0 bridgehead atoms. The van der Waals surface area contributed by atoms with Crippen molar-refractivity contribution in [3.8, 4) is 0 Å². The summed E-state index contributed by atoms with van der Waals surface area (Å²) in [4.78, 5) is 23.4. The van der Waals surface area contributed by atoms with E-state index in [0.29, 0.717) is 17.5 Å². The first kappa shape index (κ1) is 14.1. The molecular formula is C16H17NO3. The lowest BCUT2D eigenvalue weighted by Gasteiger charge is -2.07. The van der Waals surface area contributed by atoms with Gasteiger partial charge in [-0.3, -0.25) is 4.79 Å². The summed E-state index contributed by atoms with van der Waals surface area (Å²) < 4.78 is 6.99. The average Bonchev–Trinajstić information content (AvgIpc) is 2.69. The van der Waals surface area contributed by atoms with E-state index in [1.165, 1.54) is 0 Å². The van der Waals surface area contributed by atoms with Crippen molar-refractivity contribution in [3.05, 3.63) is 58.4 Å². The first-order chi connectivity index (χ1) is 9.56. The van der Waals surface area contributed by atoms with E-state index in [1.54, 1.807) is 11.6 Å². The minimum atomic E-state index is -0.477. The van der Waals surface area contributed by atoms with Gasteiger partial charge in [0.05, 0.1) is 5.56 Å². The number of carbonyl (C=O) groups is 2. The van der Waals surface area contributed by atoms with Crippen LogP contribution in [0.2, 0.25) is 0 Å². The standard InChI is InChI=1S/C16H17NO3/c1-11-12(2)17(3)15(14(11)9-18)16(19)20-10-13-7-5-4-6-8-13/h4-9H,10H2,1-3H3. The molecule has 104 valence electrons. The molecule has 0 fully saturated rings. The number of benzene rings is 1. The Morgan fingerprint density at radius 3 is 2.50 bits per heavy atom. The highest BCUT2D eigenvalue weighted by atomic mass is 16.5. The van der Waals surface area contributed by atoms with Crippen LogP contribution in [-0.2, 0) is 18.4 Å². The van der Waals surface area contributed by atoms with Crippen molar-refractivity contribution >= 4 is 12.3 Å². The van der Waals surface area contributed by atoms with Crippen LogP contribution >= 0.6 is 0 Å². The van der Waals surface area contributed by atoms with Crippen LogP contribution in [0, 0.1) is 13.8 Å². The highest BCUT2D eigenvalue weighted by molar-refractivity contribution is 5.98. The summed E-state index contributed by atoms with van der Waals surface area (Å²) in [6.07, 6.45) is 0.710. The third-order valence-electron chi connectivity index (χ3n) is 3.56. The van der Waals surface area contributed by atoms with Gasteiger partial charge < -0.3 is 9.30 Å². The molecule has 1 heterocycles. The Kier molecular flexibility index (Phi) is 4.03. The van der Waals surface area contributed by atoms with Crippen LogP contribution in [0.15, 0.2) is 30.3 Å². The summed E-state index contributed by atoms with van der Waals surface area (Å²) in [5.41, 5.74) is 3.33. The van der Waals surface area contributed by atoms with Gasteiger partial charge in [-0.05, 0) is 25.0 Å². The van der Waals surface area contributed by atoms with Crippen molar-refractivity contribution in [1.82, 2.24) is 4.57 Å². The number of carbonyl (C=O) groups excluding carboxylic acids is 2. The number of esters is 1. The zero-order valence-electron chi connectivity index (χ0n) is 11.8. The van der Waals surface area contributed by atoms with E-state index in [4.69, 9.17) is 4.74 Å². The van der Waals surface area contributed by atoms with Crippen molar-refractivity contribution in [3.63, 3.8) is 0 Å². The molecule has 0 saturated carbocycles. The van der Waals surface area contributed by atoms with Gasteiger partial charge in [0.2, 0.25) is 0 Å². The Bertz CT molecular complexity index is 641. The number of aromatic nitrogens is 1. The molecule has 1 aromatic carbocycles. The summed E-state index contributed by atoms with van der Waals surface area (Å²) >= 11 is 0. The summed E-state index contributed by atoms with van der Waals surface area (Å²) in [7, 11) is 1.76. The summed E-state index contributed by atoms with van der Waals surface area (Å²) in [6.45, 7) is 3.89. The monoisotopic (exact) mass is 271 g/mol. The van der Waals surface area contributed by atoms with Gasteiger partial charge in [0.15, 0.2) is 6.29 Å². The molecule has 0 N–H and O–H groups in total. The quantitative estimate of drug-likeness (QED) is 0.634. The Morgan fingerprint density at radius 2 is 1.90 bits per heavy atom. The maximum atomic E-state index is 12.2. The smallest absolute Gasteiger partial charge is 0.356 e. The molecule has 0 amide bonds. The van der Waals surface area contributed by atoms with Crippen molar-refractivity contribution in [2.24, 2.45) is 7.05 Å². The minimum absolute atomic E-state index is 0.196. The molecule has 0 aliphatic rings. The Morgan fingerprint density at radius 1 is 1.25 bits per heavy atom. The molecule has 4 heteroatoms. The van der Waals surface area contributed by atoms with Gasteiger partial charge in [0.25, 0.3) is 0 Å². The predicted octanol–water partition coefficient (Wildman–Crippen LogP) is 2.81. The average molecular weight is 271 g/mol. The third kappa shape index (κ3) is 2.50. The van der Waals surface area contributed by atoms with Gasteiger partial charge in [-0.2, -0.15) is 0 Å². The zero-order valence-corrected chi connectivity index (χ0v) is 11.8. The summed E-state index contributed by atoms with van der Waals surface area (Å²) in [6, 6.07) is 9.44. The van der Waals surface area contributed by atoms with Crippen LogP contribution in [0.5, 0.6) is 0 Å². The zero-order chi connectivity index (χ0) is 14.7. The molecule has 4 nitrogen and oxygen atoms in total. The van der Waals surface area contributed by atoms with Gasteiger partial charge in [-0.25, -0.2) is 4.79 Å². The van der Waals surface area contributed by atoms with E-state index < -0.39 is 5.97 Å². The normalized spacial score (nSPS) is 10.3. The summed E-state index contributed by atoms with van der Waals surface area (Å²) in [5, 5.41) is 0. The Labute approximate surface area is 118 Å². The number of rotatable bonds is 4. The second kappa shape index (κ2) is 5.74. The number of ether oxygens (including phenoxy) is 1. The fourth-order valence-electron chi connectivity index (χ4n) is 2.16. The first-order valence-corrected chi connectivity index (χ1v) is 6.38. The van der Waals surface area contributed by atoms with Crippen LogP contribution in [0.1, 0.15) is 37.7 Å². The SMILES string of the molecule is Cc1c(C=O)c(C(=O)OCc2ccccc2)n(C)c1C. The summed E-state index contributed by atoms with van der Waals surface area (Å²) in [5.74, 6) is -0.477. The fraction of sp³-hybridized carbons (Fsp3) is 0.250. The van der Waals surface area contributed by atoms with Gasteiger partial charge in [0, 0.05) is 12.7 Å². The van der Waals surface area contributed by atoms with Crippen molar-refractivity contribution < 1.29 is 14.3 Å². The lowest BCUT2D eigenvalue weighted by atomic mass is 10.1. The molecule has 2 aromatic rings. The predicted molar refractivity (Wildman–Crippen MR) is 75.8 cm³/mol. The molecule has 2 rings (SSSR count). The van der Waals surface area contributed by atoms with Gasteiger partial charge >= 0.3 is 5.97 Å². The van der Waals surface area contributed by atoms with Crippen molar-refractivity contribution in [2.45, 2.75) is 20.5 Å². The molecule has 0 atom stereocenters. The second-order valence-corrected chi connectivity index (χ2v) is 4.71. The molecule has 0 aliphatic carbocycles. The molecule has 1 aromatic heterocycles. The van der Waals surface area contributed by atoms with E-state index in [9.17, 15) is 9.59 Å². The van der Waals surface area contributed by atoms with Gasteiger partial charge in [-0.1, -0.05) is 30.3 Å². The topological polar surface area (TPSA) is 48.3 Å². The Balaban J connectivity index is 2.22. The lowest BCUT2D eigenvalue weighted by Crippen LogP contribution is -2.12. The maximum Gasteiger partial charge on any atom is 0.356 e. The van der Waals surface area contributed by atoms with E-state index in [2.05, 4.69) is 0 Å². The Hall–Kier alpha value is -2.36. The van der Waals surface area contributed by atoms with Crippen LogP contribution in [0.3, 0.4) is 0 Å². The van der Waals surface area contributed by atoms with Crippen LogP contribution in [0.25, 0.3) is 0 Å². The largest absolute Gasteiger partial charge is 0.456 e.